The summed E-state index contributed by atoms with van der Waals surface area (Å²) in [5, 5.41) is 15.0. The highest BCUT2D eigenvalue weighted by molar-refractivity contribution is 7.17. The van der Waals surface area contributed by atoms with Gasteiger partial charge in [-0.05, 0) is 35.1 Å². The Labute approximate surface area is 207 Å². The number of nitrogens with one attached hydrogen (secondary N) is 2. The third-order valence-corrected chi connectivity index (χ3v) is 7.59. The molecule has 3 aromatic rings. The summed E-state index contributed by atoms with van der Waals surface area (Å²) in [6, 6.07) is 16.2. The lowest BCUT2D eigenvalue weighted by molar-refractivity contribution is -0.149. The van der Waals surface area contributed by atoms with E-state index in [0.717, 1.165) is 33.6 Å². The van der Waals surface area contributed by atoms with Crippen molar-refractivity contribution >= 4 is 34.4 Å². The Hall–Kier alpha value is -3.72. The van der Waals surface area contributed by atoms with Crippen LogP contribution in [0.4, 0.5) is 9.93 Å². The topological polar surface area (TPSA) is 118 Å². The van der Waals surface area contributed by atoms with Gasteiger partial charge in [0.15, 0.2) is 5.13 Å². The number of rotatable bonds is 9. The van der Waals surface area contributed by atoms with Crippen LogP contribution < -0.4 is 10.6 Å². The molecule has 1 aliphatic carbocycles. The fourth-order valence-electron chi connectivity index (χ4n) is 4.37. The molecular formula is C26H27N3O5S. The molecule has 3 N–H and O–H groups in total. The summed E-state index contributed by atoms with van der Waals surface area (Å²) in [6.45, 7) is 3.75. The maximum absolute atomic E-state index is 12.5. The Bertz CT molecular complexity index is 1210. The van der Waals surface area contributed by atoms with Crippen LogP contribution in [0.1, 0.15) is 53.4 Å². The van der Waals surface area contributed by atoms with E-state index < -0.39 is 23.4 Å². The molecule has 1 aliphatic rings. The van der Waals surface area contributed by atoms with Crippen LogP contribution in [0.5, 0.6) is 0 Å². The van der Waals surface area contributed by atoms with Crippen molar-refractivity contribution in [3.63, 3.8) is 0 Å². The zero-order chi connectivity index (χ0) is 25.0. The van der Waals surface area contributed by atoms with E-state index in [1.165, 1.54) is 6.20 Å². The summed E-state index contributed by atoms with van der Waals surface area (Å²) in [7, 11) is 0. The van der Waals surface area contributed by atoms with E-state index >= 15 is 0 Å². The van der Waals surface area contributed by atoms with Gasteiger partial charge in [0.1, 0.15) is 11.5 Å². The monoisotopic (exact) mass is 493 g/mol. The number of carboxylic acids is 1. The van der Waals surface area contributed by atoms with Gasteiger partial charge in [-0.1, -0.05) is 73.7 Å². The minimum Gasteiger partial charge on any atom is -0.481 e. The number of carboxylic acid groups (broad SMARTS) is 1. The van der Waals surface area contributed by atoms with Gasteiger partial charge in [-0.15, -0.1) is 0 Å². The number of aliphatic carboxylic acids is 1. The maximum atomic E-state index is 12.5. The maximum Gasteiger partial charge on any atom is 0.413 e. The van der Waals surface area contributed by atoms with Crippen molar-refractivity contribution in [3.8, 4) is 11.1 Å². The van der Waals surface area contributed by atoms with Gasteiger partial charge in [-0.25, -0.2) is 9.78 Å². The Kier molecular flexibility index (Phi) is 7.16. The van der Waals surface area contributed by atoms with E-state index in [9.17, 15) is 19.5 Å². The van der Waals surface area contributed by atoms with Crippen LogP contribution in [0.2, 0.25) is 0 Å². The number of anilines is 1. The lowest BCUT2D eigenvalue weighted by atomic mass is 9.82. The van der Waals surface area contributed by atoms with E-state index in [2.05, 4.69) is 27.8 Å². The molecule has 0 atom stereocenters. The molecule has 1 aromatic heterocycles. The first-order valence-electron chi connectivity index (χ1n) is 11.5. The smallest absolute Gasteiger partial charge is 0.413 e. The van der Waals surface area contributed by atoms with E-state index in [1.807, 2.05) is 36.4 Å². The van der Waals surface area contributed by atoms with Crippen LogP contribution in [-0.2, 0) is 9.53 Å². The number of hydrogen-bond acceptors (Lipinski definition) is 6. The first-order valence-corrected chi connectivity index (χ1v) is 12.3. The molecule has 4 rings (SSSR count). The summed E-state index contributed by atoms with van der Waals surface area (Å²) in [5.74, 6) is -1.43. The quantitative estimate of drug-likeness (QED) is 0.381. The second-order valence-corrected chi connectivity index (χ2v) is 9.49. The van der Waals surface area contributed by atoms with Gasteiger partial charge in [0.05, 0.1) is 11.6 Å². The van der Waals surface area contributed by atoms with Crippen molar-refractivity contribution in [2.24, 2.45) is 5.41 Å². The number of carbonyl (C=O) groups is 3. The van der Waals surface area contributed by atoms with Gasteiger partial charge in [-0.2, -0.15) is 0 Å². The lowest BCUT2D eigenvalue weighted by Gasteiger charge is -2.26. The van der Waals surface area contributed by atoms with Gasteiger partial charge in [0.25, 0.3) is 5.91 Å². The molecule has 1 heterocycles. The molecule has 0 unspecified atom stereocenters. The van der Waals surface area contributed by atoms with E-state index in [1.54, 1.807) is 13.8 Å². The molecule has 0 saturated heterocycles. The molecule has 0 spiro atoms. The Morgan fingerprint density at radius 1 is 1.03 bits per heavy atom. The first-order chi connectivity index (χ1) is 16.9. The van der Waals surface area contributed by atoms with E-state index in [4.69, 9.17) is 4.74 Å². The average Bonchev–Trinajstić information content (AvgIpc) is 3.46. The molecule has 35 heavy (non-hydrogen) atoms. The van der Waals surface area contributed by atoms with Crippen LogP contribution >= 0.6 is 11.3 Å². The zero-order valence-corrected chi connectivity index (χ0v) is 20.4. The summed E-state index contributed by atoms with van der Waals surface area (Å²) < 4.78 is 5.51. The highest BCUT2D eigenvalue weighted by atomic mass is 32.1. The van der Waals surface area contributed by atoms with E-state index in [-0.39, 0.29) is 29.1 Å². The number of amides is 2. The van der Waals surface area contributed by atoms with Crippen molar-refractivity contribution in [1.29, 1.82) is 0 Å². The van der Waals surface area contributed by atoms with Crippen molar-refractivity contribution in [1.82, 2.24) is 10.3 Å². The third-order valence-electron chi connectivity index (χ3n) is 6.68. The molecule has 8 nitrogen and oxygen atoms in total. The second kappa shape index (κ2) is 10.3. The minimum atomic E-state index is -1.01. The van der Waals surface area contributed by atoms with Crippen LogP contribution in [0.3, 0.4) is 0 Å². The fourth-order valence-corrected chi connectivity index (χ4v) is 5.09. The lowest BCUT2D eigenvalue weighted by Crippen LogP contribution is -2.42. The Balaban J connectivity index is 1.34. The Morgan fingerprint density at radius 3 is 2.20 bits per heavy atom. The zero-order valence-electron chi connectivity index (χ0n) is 19.5. The predicted molar refractivity (Wildman–Crippen MR) is 134 cm³/mol. The molecule has 0 bridgehead atoms. The highest BCUT2D eigenvalue weighted by Gasteiger charge is 2.35. The minimum absolute atomic E-state index is 0.0151. The van der Waals surface area contributed by atoms with Gasteiger partial charge in [0.2, 0.25) is 0 Å². The number of ether oxygens (including phenoxy) is 1. The van der Waals surface area contributed by atoms with Gasteiger partial charge in [0, 0.05) is 12.5 Å². The van der Waals surface area contributed by atoms with Crippen LogP contribution in [0, 0.1) is 5.41 Å². The fraction of sp³-hybridized carbons (Fsp3) is 0.308. The largest absolute Gasteiger partial charge is 0.481 e. The summed E-state index contributed by atoms with van der Waals surface area (Å²) in [5.41, 5.74) is 3.51. The number of carbonyl (C=O) groups excluding carboxylic acids is 2. The molecule has 2 aromatic carbocycles. The van der Waals surface area contributed by atoms with Crippen LogP contribution in [0.15, 0.2) is 54.7 Å². The second-order valence-electron chi connectivity index (χ2n) is 8.46. The van der Waals surface area contributed by atoms with Crippen LogP contribution in [-0.4, -0.2) is 41.2 Å². The number of hydrogen-bond donors (Lipinski definition) is 3. The number of benzene rings is 2. The first kappa shape index (κ1) is 24.4. The Morgan fingerprint density at radius 2 is 1.63 bits per heavy atom. The third kappa shape index (κ3) is 4.90. The molecule has 2 amide bonds. The number of aromatic nitrogens is 1. The van der Waals surface area contributed by atoms with Crippen LogP contribution in [0.25, 0.3) is 11.1 Å². The van der Waals surface area contributed by atoms with E-state index in [0.29, 0.717) is 12.8 Å². The molecule has 0 radical (unpaired) electrons. The number of thiazole rings is 1. The molecule has 0 aliphatic heterocycles. The van der Waals surface area contributed by atoms with Crippen molar-refractivity contribution in [2.45, 2.75) is 32.6 Å². The van der Waals surface area contributed by atoms with Crippen molar-refractivity contribution < 1.29 is 24.2 Å². The van der Waals surface area contributed by atoms with Crippen molar-refractivity contribution in [2.75, 3.05) is 18.5 Å². The molecule has 0 saturated carbocycles. The molecular weight excluding hydrogens is 466 g/mol. The highest BCUT2D eigenvalue weighted by Crippen LogP contribution is 2.44. The van der Waals surface area contributed by atoms with Gasteiger partial charge in [-0.3, -0.25) is 14.9 Å². The predicted octanol–water partition coefficient (Wildman–Crippen LogP) is 5.12. The summed E-state index contributed by atoms with van der Waals surface area (Å²) in [6.07, 6.45) is 1.49. The van der Waals surface area contributed by atoms with Gasteiger partial charge < -0.3 is 15.2 Å². The number of nitrogens with zero attached hydrogens (tertiary/aromatic N) is 1. The molecule has 182 valence electrons. The van der Waals surface area contributed by atoms with Crippen molar-refractivity contribution in [3.05, 3.63) is 70.7 Å². The molecule has 0 fully saturated rings. The summed E-state index contributed by atoms with van der Waals surface area (Å²) in [4.78, 5) is 40.9. The summed E-state index contributed by atoms with van der Waals surface area (Å²) >= 11 is 0.996. The van der Waals surface area contributed by atoms with Gasteiger partial charge >= 0.3 is 12.1 Å². The normalized spacial score (nSPS) is 12.5. The molecule has 9 heteroatoms. The number of fused-ring (bicyclic) bond motifs is 3. The SMILES string of the molecule is CCC(CC)(CNC(=O)c1cnc(NC(=O)OCC2c3ccccc3-c3ccccc32)s1)C(=O)O. The average molecular weight is 494 g/mol. The standard InChI is InChI=1S/C26H27N3O5S/c1-3-26(4-2,23(31)32)15-28-22(30)21-13-27-24(35-21)29-25(33)34-14-20-18-11-7-5-9-16(18)17-10-6-8-12-19(17)20/h5-13,20H,3-4,14-15H2,1-2H3,(H,28,30)(H,31,32)(H,27,29,33).